The molecule has 0 saturated carbocycles. The molecule has 1 aliphatic heterocycles. The topological polar surface area (TPSA) is 101 Å². The molecular formula is C31H34F6N6O3. The third kappa shape index (κ3) is 9.06. The molecule has 3 aromatic rings. The van der Waals surface area contributed by atoms with Crippen molar-refractivity contribution < 1.29 is 40.7 Å². The Bertz CT molecular complexity index is 1620. The van der Waals surface area contributed by atoms with Crippen LogP contribution in [0.3, 0.4) is 0 Å². The Hall–Kier alpha value is -4.45. The monoisotopic (exact) mass is 652 g/mol. The van der Waals surface area contributed by atoms with Gasteiger partial charge in [-0.05, 0) is 42.7 Å². The molecule has 9 nitrogen and oxygen atoms in total. The minimum atomic E-state index is -4.54. The summed E-state index contributed by atoms with van der Waals surface area (Å²) in [5.74, 6) is 5.19. The number of nitrogens with one attached hydrogen (secondary N) is 3. The molecule has 0 radical (unpaired) electrons. The first kappa shape index (κ1) is 34.4. The number of imidazole rings is 1. The highest BCUT2D eigenvalue weighted by Gasteiger charge is 2.33. The maximum atomic E-state index is 13.5. The first-order valence-electron chi connectivity index (χ1n) is 14.5. The molecular weight excluding hydrogens is 618 g/mol. The number of alkyl halides is 6. The van der Waals surface area contributed by atoms with Crippen LogP contribution in [0.4, 0.5) is 32.0 Å². The van der Waals surface area contributed by atoms with Crippen LogP contribution in [0, 0.1) is 17.8 Å². The van der Waals surface area contributed by atoms with Crippen molar-refractivity contribution in [2.45, 2.75) is 44.7 Å². The fourth-order valence-corrected chi connectivity index (χ4v) is 5.33. The smallest absolute Gasteiger partial charge is 0.406 e. The van der Waals surface area contributed by atoms with Gasteiger partial charge in [0, 0.05) is 43.9 Å². The number of anilines is 1. The standard InChI is InChI=1S/C31H34F6N6O3/c1-19-16-42(12-9-30(32,33)34)11-8-23(19)41-29(45)22-13-20(14-25-27(22)40-18-43(25)17-31(35,36)37)5-4-10-39-24-15-21(28(44)38-2)6-7-26(24)46-3/h6-7,13-15,18-19,23,39H,8-12,16-17H2,1-3H3,(H,38,44)(H,41,45)/t19-,23-/m0/s1. The predicted octanol–water partition coefficient (Wildman–Crippen LogP) is 4.82. The molecule has 0 spiro atoms. The van der Waals surface area contributed by atoms with Gasteiger partial charge < -0.3 is 30.2 Å². The second-order valence-electron chi connectivity index (χ2n) is 11.0. The Morgan fingerprint density at radius 2 is 1.85 bits per heavy atom. The van der Waals surface area contributed by atoms with Gasteiger partial charge in [-0.3, -0.25) is 9.59 Å². The summed E-state index contributed by atoms with van der Waals surface area (Å²) in [4.78, 5) is 31.3. The largest absolute Gasteiger partial charge is 0.495 e. The number of benzene rings is 2. The molecule has 15 heteroatoms. The molecule has 4 rings (SSSR count). The van der Waals surface area contributed by atoms with E-state index in [9.17, 15) is 35.9 Å². The Kier molecular flexibility index (Phi) is 10.7. The lowest BCUT2D eigenvalue weighted by Gasteiger charge is -2.37. The van der Waals surface area contributed by atoms with Crippen LogP contribution in [-0.2, 0) is 6.54 Å². The minimum Gasteiger partial charge on any atom is -0.495 e. The molecule has 2 heterocycles. The van der Waals surface area contributed by atoms with Crippen LogP contribution >= 0.6 is 0 Å². The van der Waals surface area contributed by atoms with Crippen LogP contribution in [-0.4, -0.2) is 85.0 Å². The van der Waals surface area contributed by atoms with E-state index >= 15 is 0 Å². The second-order valence-corrected chi connectivity index (χ2v) is 11.0. The van der Waals surface area contributed by atoms with Crippen LogP contribution in [0.5, 0.6) is 5.75 Å². The molecule has 1 aliphatic rings. The van der Waals surface area contributed by atoms with Crippen molar-refractivity contribution >= 4 is 28.5 Å². The number of piperidine rings is 1. The number of hydrogen-bond donors (Lipinski definition) is 3. The normalized spacial score (nSPS) is 17.2. The van der Waals surface area contributed by atoms with Crippen LogP contribution in [0.2, 0.25) is 0 Å². The summed E-state index contributed by atoms with van der Waals surface area (Å²) < 4.78 is 84.2. The van der Waals surface area contributed by atoms with Gasteiger partial charge in [0.25, 0.3) is 11.8 Å². The van der Waals surface area contributed by atoms with Gasteiger partial charge in [-0.1, -0.05) is 18.8 Å². The zero-order valence-corrected chi connectivity index (χ0v) is 25.4. The van der Waals surface area contributed by atoms with Crippen LogP contribution < -0.4 is 20.7 Å². The average Bonchev–Trinajstić information content (AvgIpc) is 3.38. The van der Waals surface area contributed by atoms with Crippen molar-refractivity contribution in [3.63, 3.8) is 0 Å². The van der Waals surface area contributed by atoms with Gasteiger partial charge in [0.2, 0.25) is 0 Å². The highest BCUT2D eigenvalue weighted by Crippen LogP contribution is 2.27. The Morgan fingerprint density at radius 1 is 1.09 bits per heavy atom. The van der Waals surface area contributed by atoms with Gasteiger partial charge in [-0.2, -0.15) is 26.3 Å². The Morgan fingerprint density at radius 3 is 2.50 bits per heavy atom. The van der Waals surface area contributed by atoms with E-state index in [0.29, 0.717) is 36.5 Å². The zero-order chi connectivity index (χ0) is 33.6. The van der Waals surface area contributed by atoms with Crippen molar-refractivity contribution in [3.8, 4) is 17.6 Å². The number of carbonyl (C=O) groups is 2. The van der Waals surface area contributed by atoms with E-state index in [0.717, 1.165) is 10.9 Å². The Labute approximate surface area is 261 Å². The number of rotatable bonds is 9. The zero-order valence-electron chi connectivity index (χ0n) is 25.4. The second kappa shape index (κ2) is 14.3. The van der Waals surface area contributed by atoms with Crippen molar-refractivity contribution in [1.82, 2.24) is 25.1 Å². The first-order valence-corrected chi connectivity index (χ1v) is 14.5. The van der Waals surface area contributed by atoms with Crippen LogP contribution in [0.1, 0.15) is 46.0 Å². The number of hydrogen-bond acceptors (Lipinski definition) is 6. The fraction of sp³-hybridized carbons (Fsp3) is 0.452. The van der Waals surface area contributed by atoms with Crippen molar-refractivity contribution in [2.75, 3.05) is 45.7 Å². The summed E-state index contributed by atoms with van der Waals surface area (Å²) >= 11 is 0. The van der Waals surface area contributed by atoms with E-state index in [1.807, 2.05) is 6.92 Å². The fourth-order valence-electron chi connectivity index (χ4n) is 5.33. The molecule has 0 bridgehead atoms. The van der Waals surface area contributed by atoms with E-state index in [2.05, 4.69) is 32.8 Å². The van der Waals surface area contributed by atoms with Gasteiger partial charge >= 0.3 is 12.4 Å². The van der Waals surface area contributed by atoms with E-state index in [1.54, 1.807) is 23.1 Å². The third-order valence-corrected chi connectivity index (χ3v) is 7.63. The number of halogens is 6. The lowest BCUT2D eigenvalue weighted by molar-refractivity contribution is -0.140. The van der Waals surface area contributed by atoms with Crippen molar-refractivity contribution in [2.24, 2.45) is 5.92 Å². The molecule has 2 amide bonds. The maximum Gasteiger partial charge on any atom is 0.406 e. The molecule has 1 aromatic heterocycles. The number of fused-ring (bicyclic) bond motifs is 1. The number of carbonyl (C=O) groups excluding carboxylic acids is 2. The summed E-state index contributed by atoms with van der Waals surface area (Å²) in [5.41, 5.74) is 1.31. The molecule has 46 heavy (non-hydrogen) atoms. The van der Waals surface area contributed by atoms with Crippen molar-refractivity contribution in [1.29, 1.82) is 0 Å². The number of ether oxygens (including phenoxy) is 1. The van der Waals surface area contributed by atoms with E-state index in [4.69, 9.17) is 4.74 Å². The van der Waals surface area contributed by atoms with Gasteiger partial charge in [0.15, 0.2) is 0 Å². The molecule has 2 aromatic carbocycles. The Balaban J connectivity index is 1.55. The number of aromatic nitrogens is 2. The molecule has 2 atom stereocenters. The molecule has 1 saturated heterocycles. The van der Waals surface area contributed by atoms with Crippen LogP contribution in [0.25, 0.3) is 11.0 Å². The van der Waals surface area contributed by atoms with Gasteiger partial charge in [-0.25, -0.2) is 4.98 Å². The number of methoxy groups -OCH3 is 1. The van der Waals surface area contributed by atoms with E-state index < -0.39 is 31.2 Å². The van der Waals surface area contributed by atoms with Gasteiger partial charge in [-0.15, -0.1) is 0 Å². The molecule has 0 unspecified atom stereocenters. The quantitative estimate of drug-likeness (QED) is 0.227. The average molecular weight is 653 g/mol. The molecule has 0 aliphatic carbocycles. The summed E-state index contributed by atoms with van der Waals surface area (Å²) in [7, 11) is 2.97. The van der Waals surface area contributed by atoms with E-state index in [-0.39, 0.29) is 53.1 Å². The maximum absolute atomic E-state index is 13.5. The predicted molar refractivity (Wildman–Crippen MR) is 160 cm³/mol. The van der Waals surface area contributed by atoms with Crippen LogP contribution in [0.15, 0.2) is 36.7 Å². The summed E-state index contributed by atoms with van der Waals surface area (Å²) in [6.45, 7) is 1.15. The lowest BCUT2D eigenvalue weighted by atomic mass is 9.93. The minimum absolute atomic E-state index is 0.0299. The van der Waals surface area contributed by atoms with Gasteiger partial charge in [0.1, 0.15) is 17.8 Å². The third-order valence-electron chi connectivity index (χ3n) is 7.63. The molecule has 248 valence electrons. The summed E-state index contributed by atoms with van der Waals surface area (Å²) in [6, 6.07) is 7.32. The number of nitrogens with zero attached hydrogens (tertiary/aromatic N) is 3. The number of likely N-dealkylation sites (tertiary alicyclic amines) is 1. The highest BCUT2D eigenvalue weighted by atomic mass is 19.4. The molecule has 3 N–H and O–H groups in total. The first-order chi connectivity index (χ1) is 21.7. The molecule has 1 fully saturated rings. The summed E-state index contributed by atoms with van der Waals surface area (Å²) in [6.07, 6.45) is -8.30. The summed E-state index contributed by atoms with van der Waals surface area (Å²) in [5, 5.41) is 8.50. The highest BCUT2D eigenvalue weighted by molar-refractivity contribution is 6.05. The number of amides is 2. The van der Waals surface area contributed by atoms with E-state index in [1.165, 1.54) is 26.3 Å². The SMILES string of the molecule is CNC(=O)c1ccc(OC)c(NCC#Cc2cc(C(=O)N[C@H]3CCN(CCC(F)(F)F)C[C@@H]3C)c3ncn(CC(F)(F)F)c3c2)c1. The van der Waals surface area contributed by atoms with Crippen molar-refractivity contribution in [3.05, 3.63) is 53.3 Å². The lowest BCUT2D eigenvalue weighted by Crippen LogP contribution is -2.50. The van der Waals surface area contributed by atoms with Gasteiger partial charge in [0.05, 0.1) is 43.2 Å².